The minimum atomic E-state index is -5.04. The number of aryl methyl sites for hydroxylation is 1. The van der Waals surface area contributed by atoms with Crippen LogP contribution in [0.25, 0.3) is 27.1 Å². The molecule has 0 bridgehead atoms. The van der Waals surface area contributed by atoms with E-state index in [1.807, 2.05) is 79.4 Å². The normalized spacial score (nSPS) is 16.1. The van der Waals surface area contributed by atoms with Crippen LogP contribution in [0.5, 0.6) is 0 Å². The molecule has 0 amide bonds. The van der Waals surface area contributed by atoms with Gasteiger partial charge in [0.1, 0.15) is 18.0 Å². The van der Waals surface area contributed by atoms with Gasteiger partial charge < -0.3 is 10.0 Å². The number of hydrogen-bond donors (Lipinski definition) is 5. The van der Waals surface area contributed by atoms with Crippen molar-refractivity contribution in [3.05, 3.63) is 126 Å². The molecule has 2 aliphatic heterocycles. The van der Waals surface area contributed by atoms with E-state index in [0.29, 0.717) is 53.5 Å². The number of benzene rings is 4. The predicted molar refractivity (Wildman–Crippen MR) is 284 cm³/mol. The Morgan fingerprint density at radius 3 is 1.91 bits per heavy atom. The average Bonchev–Trinajstić information content (AvgIpc) is 3.66. The molecule has 1 aromatic heterocycles. The van der Waals surface area contributed by atoms with Gasteiger partial charge in [0.05, 0.1) is 21.0 Å². The van der Waals surface area contributed by atoms with Crippen molar-refractivity contribution in [2.24, 2.45) is 0 Å². The highest BCUT2D eigenvalue weighted by atomic mass is 32.2. The summed E-state index contributed by atoms with van der Waals surface area (Å²) in [7, 11) is -22.1. The number of aromatic nitrogens is 1. The number of carboxylic acid groups (broad SMARTS) is 1. The van der Waals surface area contributed by atoms with Crippen molar-refractivity contribution in [2.75, 3.05) is 23.7 Å². The molecule has 7 rings (SSSR count). The summed E-state index contributed by atoms with van der Waals surface area (Å²) in [6.45, 7) is 11.1. The quantitative estimate of drug-likeness (QED) is 0.0219. The molecule has 0 radical (unpaired) electrons. The molecular formula is C51H59N3O17S5+2. The Kier molecular flexibility index (Phi) is 17.8. The lowest BCUT2D eigenvalue weighted by Crippen LogP contribution is -2.32. The van der Waals surface area contributed by atoms with Crippen LogP contribution in [0.2, 0.25) is 0 Å². The topological polar surface area (TPSA) is 316 Å². The number of nitrogens with zero attached hydrogens (tertiary/aromatic N) is 3. The first kappa shape index (κ1) is 59.2. The average molecular weight is 1150 g/mol. The zero-order valence-corrected chi connectivity index (χ0v) is 46.2. The van der Waals surface area contributed by atoms with Crippen LogP contribution in [-0.4, -0.2) is 105 Å². The number of allylic oxidation sites excluding steroid dienone is 6. The van der Waals surface area contributed by atoms with Gasteiger partial charge in [-0.15, -0.1) is 12.6 Å². The Morgan fingerprint density at radius 1 is 0.684 bits per heavy atom. The summed E-state index contributed by atoms with van der Waals surface area (Å²) in [5, 5.41) is 10.6. The maximum Gasteiger partial charge on any atom is 0.425 e. The third-order valence-corrected chi connectivity index (χ3v) is 16.9. The number of fused-ring (bicyclic) bond motifs is 6. The van der Waals surface area contributed by atoms with Crippen molar-refractivity contribution >= 4 is 101 Å². The molecule has 2 aliphatic rings. The van der Waals surface area contributed by atoms with E-state index in [-0.39, 0.29) is 35.1 Å². The van der Waals surface area contributed by atoms with E-state index in [9.17, 15) is 56.7 Å². The standard InChI is InChI=1S/C51H57N3O14S4.O3S/c1-6-7-26-53-42-19-14-36-13-17-37(70(60,61)62)31-40(36)48(42)50(2,3)45(53)21-15-34(35-23-28-52(29-24-35)25-10-8-9-12-47(55)56)16-22-46-51(4,5)49-41-32-38(71(63,64)65)33-44(72(66,67)68)39(41)18-20-43(49)54(46)27-11-30-69(57,58)59;1-4(2)3/h13-24,28-29,31-33H,6-12,25-27,30H2,1-5H3,(H3-2,55,56,57,58,59,60,61,62,63,64,65,66,67,68);/p+2. The Balaban J connectivity index is 0.00000226. The van der Waals surface area contributed by atoms with Gasteiger partial charge in [-0.1, -0.05) is 45.4 Å². The molecular weight excluding hydrogens is 1090 g/mol. The van der Waals surface area contributed by atoms with Crippen LogP contribution in [0.15, 0.2) is 124 Å². The van der Waals surface area contributed by atoms with Crippen LogP contribution in [0.3, 0.4) is 0 Å². The summed E-state index contributed by atoms with van der Waals surface area (Å²) in [5.41, 5.74) is 3.76. The highest BCUT2D eigenvalue weighted by molar-refractivity contribution is 7.87. The van der Waals surface area contributed by atoms with Crippen LogP contribution in [0, 0.1) is 0 Å². The van der Waals surface area contributed by atoms with Crippen LogP contribution in [0.1, 0.15) is 96.3 Å². The third kappa shape index (κ3) is 13.6. The molecule has 5 aromatic rings. The highest BCUT2D eigenvalue weighted by Gasteiger charge is 2.46. The van der Waals surface area contributed by atoms with E-state index in [0.717, 1.165) is 59.6 Å². The number of carbonyl (C=O) groups is 1. The summed E-state index contributed by atoms with van der Waals surface area (Å²) in [5.74, 6) is -1.44. The van der Waals surface area contributed by atoms with E-state index in [4.69, 9.17) is 17.7 Å². The van der Waals surface area contributed by atoms with Gasteiger partial charge in [-0.25, -0.2) is 4.57 Å². The Labute approximate surface area is 443 Å². The van der Waals surface area contributed by atoms with Crippen LogP contribution >= 0.6 is 0 Å². The van der Waals surface area contributed by atoms with Gasteiger partial charge >= 0.3 is 16.6 Å². The minimum Gasteiger partial charge on any atom is -0.481 e. The van der Waals surface area contributed by atoms with E-state index in [1.54, 1.807) is 16.7 Å². The Hall–Kier alpha value is -6.03. The fourth-order valence-electron chi connectivity index (χ4n) is 10.1. The maximum absolute atomic E-state index is 12.7. The van der Waals surface area contributed by atoms with Crippen molar-refractivity contribution in [1.29, 1.82) is 0 Å². The van der Waals surface area contributed by atoms with Crippen molar-refractivity contribution in [1.82, 2.24) is 0 Å². The molecule has 0 atom stereocenters. The first-order valence-electron chi connectivity index (χ1n) is 23.8. The molecule has 76 heavy (non-hydrogen) atoms. The molecule has 0 saturated heterocycles. The zero-order chi connectivity index (χ0) is 56.3. The monoisotopic (exact) mass is 1150 g/mol. The fourth-order valence-corrected chi connectivity index (χ4v) is 12.4. The SMILES string of the molecule is CCCCN1C(=CC=C(C=CC2=[N+](CCCS(=O)(=O)O)c3ccc4c(S(=O)(=O)O)cc(S(=O)(=O)O)cc4c3C2(C)C)c2cc[n+](CCCCCC(=O)O)cc2)C(C)(C)c2c1ccc1ccc(S(=O)(=O)O)cc21.O=S(=O)=O. The highest BCUT2D eigenvalue weighted by Crippen LogP contribution is 2.52. The van der Waals surface area contributed by atoms with Gasteiger partial charge in [0.25, 0.3) is 40.5 Å². The van der Waals surface area contributed by atoms with Crippen molar-refractivity contribution in [3.8, 4) is 0 Å². The van der Waals surface area contributed by atoms with E-state index >= 15 is 0 Å². The largest absolute Gasteiger partial charge is 0.481 e. The second-order valence-corrected chi connectivity index (χ2v) is 25.6. The molecule has 5 N–H and O–H groups in total. The van der Waals surface area contributed by atoms with Crippen molar-refractivity contribution in [3.63, 3.8) is 0 Å². The first-order valence-corrected chi connectivity index (χ1v) is 30.8. The van der Waals surface area contributed by atoms with Crippen LogP contribution in [0.4, 0.5) is 11.4 Å². The van der Waals surface area contributed by atoms with Gasteiger partial charge in [0, 0.05) is 77.8 Å². The van der Waals surface area contributed by atoms with Crippen LogP contribution in [-0.2, 0) is 73.3 Å². The number of unbranched alkanes of at least 4 members (excludes halogenated alkanes) is 3. The molecule has 0 fully saturated rings. The lowest BCUT2D eigenvalue weighted by atomic mass is 9.79. The maximum atomic E-state index is 12.7. The molecule has 4 aromatic carbocycles. The summed E-state index contributed by atoms with van der Waals surface area (Å²) in [6, 6.07) is 17.1. The molecule has 0 saturated carbocycles. The minimum absolute atomic E-state index is 0.0253. The smallest absolute Gasteiger partial charge is 0.425 e. The zero-order valence-electron chi connectivity index (χ0n) is 42.1. The number of rotatable bonds is 20. The molecule has 20 nitrogen and oxygen atoms in total. The summed E-state index contributed by atoms with van der Waals surface area (Å²) in [6.07, 6.45) is 15.3. The lowest BCUT2D eigenvalue weighted by molar-refractivity contribution is -0.697. The van der Waals surface area contributed by atoms with Gasteiger partial charge in [-0.2, -0.15) is 38.2 Å². The van der Waals surface area contributed by atoms with Gasteiger partial charge in [-0.3, -0.25) is 23.0 Å². The summed E-state index contributed by atoms with van der Waals surface area (Å²) < 4.78 is 169. The number of pyridine rings is 1. The molecule has 3 heterocycles. The van der Waals surface area contributed by atoms with E-state index < -0.39 is 83.4 Å². The Morgan fingerprint density at radius 2 is 1.32 bits per heavy atom. The number of hydrogen-bond acceptors (Lipinski definition) is 13. The van der Waals surface area contributed by atoms with Gasteiger partial charge in [-0.05, 0) is 115 Å². The number of aliphatic carboxylic acids is 1. The number of carboxylic acids is 1. The molecule has 0 aliphatic carbocycles. The van der Waals surface area contributed by atoms with Crippen molar-refractivity contribution in [2.45, 2.75) is 112 Å². The number of anilines is 1. The van der Waals surface area contributed by atoms with E-state index in [2.05, 4.69) is 25.7 Å². The second-order valence-electron chi connectivity index (χ2n) is 19.4. The Bertz CT molecular complexity index is 3840. The molecule has 0 spiro atoms. The molecule has 25 heteroatoms. The molecule has 0 unspecified atom stereocenters. The van der Waals surface area contributed by atoms with Crippen molar-refractivity contribution < 1.29 is 83.6 Å². The summed E-state index contributed by atoms with van der Waals surface area (Å²) >= 11 is 0. The van der Waals surface area contributed by atoms with Gasteiger partial charge in [0.2, 0.25) is 5.69 Å². The van der Waals surface area contributed by atoms with Gasteiger partial charge in [0.15, 0.2) is 18.1 Å². The predicted octanol–water partition coefficient (Wildman–Crippen LogP) is 7.44. The molecule has 408 valence electrons. The van der Waals surface area contributed by atoms with Crippen LogP contribution < -0.4 is 9.47 Å². The van der Waals surface area contributed by atoms with E-state index in [1.165, 1.54) is 18.2 Å². The third-order valence-electron chi connectivity index (χ3n) is 13.5. The lowest BCUT2D eigenvalue weighted by Gasteiger charge is -2.27. The fraction of sp³-hybridized carbons (Fsp3) is 0.353. The second kappa shape index (κ2) is 22.9. The first-order chi connectivity index (χ1) is 35.3. The summed E-state index contributed by atoms with van der Waals surface area (Å²) in [4.78, 5) is 11.5.